The van der Waals surface area contributed by atoms with Crippen LogP contribution >= 0.6 is 0 Å². The molecule has 1 saturated heterocycles. The van der Waals surface area contributed by atoms with E-state index in [0.717, 1.165) is 31.3 Å². The second kappa shape index (κ2) is 16.4. The van der Waals surface area contributed by atoms with Crippen molar-refractivity contribution in [3.63, 3.8) is 0 Å². The first-order valence-corrected chi connectivity index (χ1v) is 19.5. The summed E-state index contributed by atoms with van der Waals surface area (Å²) in [4.78, 5) is 49.7. The molecule has 0 aromatic carbocycles. The van der Waals surface area contributed by atoms with Gasteiger partial charge in [0.15, 0.2) is 24.6 Å². The molecule has 0 spiro atoms. The molecule has 12 nitrogen and oxygen atoms in total. The van der Waals surface area contributed by atoms with Gasteiger partial charge in [-0.25, -0.2) is 0 Å². The summed E-state index contributed by atoms with van der Waals surface area (Å²) in [6, 6.07) is 0. The molecule has 1 heterocycles. The van der Waals surface area contributed by atoms with Gasteiger partial charge in [0.25, 0.3) is 0 Å². The monoisotopic (exact) mass is 762 g/mol. The number of ether oxygens (including phenoxy) is 6. The van der Waals surface area contributed by atoms with Crippen LogP contribution in [0.1, 0.15) is 121 Å². The number of esters is 4. The molecule has 0 amide bonds. The molecule has 4 fully saturated rings. The van der Waals surface area contributed by atoms with Gasteiger partial charge in [0.2, 0.25) is 0 Å². The van der Waals surface area contributed by atoms with Crippen molar-refractivity contribution in [1.29, 1.82) is 0 Å². The Labute approximate surface area is 321 Å². The van der Waals surface area contributed by atoms with Crippen molar-refractivity contribution in [3.05, 3.63) is 24.3 Å². The number of hydrogen-bond donors (Lipinski definition) is 2. The van der Waals surface area contributed by atoms with Crippen molar-refractivity contribution in [1.82, 2.24) is 0 Å². The van der Waals surface area contributed by atoms with E-state index in [1.54, 1.807) is 19.9 Å². The second-order valence-corrected chi connectivity index (χ2v) is 18.1. The summed E-state index contributed by atoms with van der Waals surface area (Å²) >= 11 is 0. The number of methoxy groups -OCH3 is 1. The molecular formula is C42H66O12. The number of fused-ring (bicyclic) bond motifs is 3. The van der Waals surface area contributed by atoms with E-state index in [0.29, 0.717) is 19.3 Å². The maximum atomic E-state index is 12.7. The van der Waals surface area contributed by atoms with Gasteiger partial charge in [-0.05, 0) is 113 Å². The fraction of sp³-hybridized carbons (Fsp3) is 0.810. The van der Waals surface area contributed by atoms with E-state index in [4.69, 9.17) is 28.4 Å². The minimum atomic E-state index is -1.26. The molecule has 54 heavy (non-hydrogen) atoms. The first-order chi connectivity index (χ1) is 24.9. The molecule has 0 radical (unpaired) electrons. The third-order valence-corrected chi connectivity index (χ3v) is 13.8. The maximum Gasteiger partial charge on any atom is 0.305 e. The molecule has 3 aliphatic carbocycles. The van der Waals surface area contributed by atoms with E-state index in [9.17, 15) is 29.4 Å². The molecule has 0 aromatic rings. The van der Waals surface area contributed by atoms with Crippen LogP contribution in [0.3, 0.4) is 0 Å². The fourth-order valence-electron chi connectivity index (χ4n) is 11.3. The zero-order valence-electron chi connectivity index (χ0n) is 34.4. The molecule has 4 rings (SSSR count). The van der Waals surface area contributed by atoms with Gasteiger partial charge in [-0.3, -0.25) is 19.2 Å². The average molecular weight is 763 g/mol. The van der Waals surface area contributed by atoms with Gasteiger partial charge in [-0.1, -0.05) is 45.1 Å². The van der Waals surface area contributed by atoms with Crippen LogP contribution in [0.4, 0.5) is 0 Å². The Kier molecular flexibility index (Phi) is 13.3. The quantitative estimate of drug-likeness (QED) is 0.0976. The Morgan fingerprint density at radius 2 is 1.46 bits per heavy atom. The summed E-state index contributed by atoms with van der Waals surface area (Å²) in [5.74, 6) is -2.47. The number of hydrogen-bond acceptors (Lipinski definition) is 12. The highest BCUT2D eigenvalue weighted by Crippen LogP contribution is 2.74. The minimum Gasteiger partial charge on any atom is -0.469 e. The van der Waals surface area contributed by atoms with Crippen molar-refractivity contribution >= 4 is 23.9 Å². The lowest BCUT2D eigenvalue weighted by Gasteiger charge is -2.68. The summed E-state index contributed by atoms with van der Waals surface area (Å²) in [7, 11) is 1.40. The smallest absolute Gasteiger partial charge is 0.305 e. The van der Waals surface area contributed by atoms with E-state index < -0.39 is 59.8 Å². The lowest BCUT2D eigenvalue weighted by atomic mass is 9.37. The predicted molar refractivity (Wildman–Crippen MR) is 199 cm³/mol. The third-order valence-electron chi connectivity index (χ3n) is 13.8. The Morgan fingerprint density at radius 1 is 0.870 bits per heavy atom. The lowest BCUT2D eigenvalue weighted by Crippen LogP contribution is -2.65. The van der Waals surface area contributed by atoms with Crippen LogP contribution in [0.5, 0.6) is 0 Å². The number of rotatable bonds is 13. The van der Waals surface area contributed by atoms with Crippen molar-refractivity contribution in [3.8, 4) is 0 Å². The van der Waals surface area contributed by atoms with E-state index in [1.807, 2.05) is 13.0 Å². The van der Waals surface area contributed by atoms with E-state index >= 15 is 0 Å². The summed E-state index contributed by atoms with van der Waals surface area (Å²) in [5.41, 5.74) is -2.12. The molecule has 3 saturated carbocycles. The maximum absolute atomic E-state index is 12.7. The van der Waals surface area contributed by atoms with Crippen molar-refractivity contribution in [2.75, 3.05) is 13.7 Å². The summed E-state index contributed by atoms with van der Waals surface area (Å²) in [6.07, 6.45) is 3.33. The van der Waals surface area contributed by atoms with Gasteiger partial charge in [-0.2, -0.15) is 0 Å². The molecule has 1 aliphatic heterocycles. The van der Waals surface area contributed by atoms with E-state index in [1.165, 1.54) is 27.9 Å². The Morgan fingerprint density at radius 3 is 2.02 bits per heavy atom. The molecule has 4 aliphatic rings. The van der Waals surface area contributed by atoms with Crippen LogP contribution < -0.4 is 0 Å². The predicted octanol–water partition coefficient (Wildman–Crippen LogP) is 6.00. The summed E-state index contributed by atoms with van der Waals surface area (Å²) in [5, 5.41) is 22.7. The Hall–Kier alpha value is -2.80. The summed E-state index contributed by atoms with van der Waals surface area (Å²) < 4.78 is 35.4. The van der Waals surface area contributed by atoms with Gasteiger partial charge in [0.1, 0.15) is 0 Å². The average Bonchev–Trinajstić information content (AvgIpc) is 3.42. The lowest BCUT2D eigenvalue weighted by molar-refractivity contribution is -0.316. The van der Waals surface area contributed by atoms with Crippen LogP contribution in [0.2, 0.25) is 0 Å². The van der Waals surface area contributed by atoms with Gasteiger partial charge in [-0.15, -0.1) is 0 Å². The summed E-state index contributed by atoms with van der Waals surface area (Å²) in [6.45, 7) is 22.2. The minimum absolute atomic E-state index is 0.0315. The topological polar surface area (TPSA) is 164 Å². The van der Waals surface area contributed by atoms with Crippen LogP contribution in [-0.2, 0) is 47.6 Å². The SMILES string of the molecule is C=C(C)[C@@H]1CC[C@]2(C)[C@H](C[C@@H](O[C@@H]3OC[C@H](OC(C)=O)[C@H](OC(C)=O)[C@H]3OC(C)=O)[C@@H]3[C@@H]([C@@](C)(O)C/C=C/C(C)(C)O)CC[C@]32C)[C@@]1(C)CCC(=O)OC. The van der Waals surface area contributed by atoms with Gasteiger partial charge < -0.3 is 38.6 Å². The van der Waals surface area contributed by atoms with Crippen molar-refractivity contribution in [2.24, 2.45) is 39.9 Å². The van der Waals surface area contributed by atoms with Gasteiger partial charge in [0.05, 0.1) is 31.0 Å². The molecule has 2 N–H and O–H groups in total. The largest absolute Gasteiger partial charge is 0.469 e. The molecule has 306 valence electrons. The van der Waals surface area contributed by atoms with Gasteiger partial charge in [0, 0.05) is 27.2 Å². The van der Waals surface area contributed by atoms with E-state index in [-0.39, 0.29) is 58.9 Å². The normalized spacial score (nSPS) is 39.1. The van der Waals surface area contributed by atoms with E-state index in [2.05, 4.69) is 34.3 Å². The second-order valence-electron chi connectivity index (χ2n) is 18.1. The number of carbonyl (C=O) groups is 4. The highest BCUT2D eigenvalue weighted by molar-refractivity contribution is 5.69. The van der Waals surface area contributed by atoms with Crippen molar-refractivity contribution in [2.45, 2.75) is 163 Å². The first-order valence-electron chi connectivity index (χ1n) is 19.5. The van der Waals surface area contributed by atoms with Crippen LogP contribution in [0.25, 0.3) is 0 Å². The highest BCUT2D eigenvalue weighted by Gasteiger charge is 2.70. The number of carbonyl (C=O) groups excluding carboxylic acids is 4. The fourth-order valence-corrected chi connectivity index (χ4v) is 11.3. The zero-order valence-corrected chi connectivity index (χ0v) is 34.4. The number of allylic oxidation sites excluding steroid dienone is 1. The van der Waals surface area contributed by atoms with Crippen LogP contribution in [0.15, 0.2) is 24.3 Å². The Balaban J connectivity index is 1.86. The molecule has 13 atom stereocenters. The van der Waals surface area contributed by atoms with Gasteiger partial charge >= 0.3 is 23.9 Å². The molecular weight excluding hydrogens is 696 g/mol. The van der Waals surface area contributed by atoms with Crippen LogP contribution in [0, 0.1) is 39.9 Å². The standard InChI is InChI=1S/C42H66O12/c1-24(2)28-14-20-40(9)32(39(28,8)19-16-33(46)49-12)22-30(34-29(15-21-41(34,40)10)42(11,48)18-13-17-38(6,7)47)54-37-36(53-27(5)45)35(52-26(4)44)31(23-50-37)51-25(3)43/h13,17,28-32,34-37,47-48H,1,14-16,18-23H2,2-12H3/b17-13+/t28-,29-,30+,31-,32+,34-,35-,36+,37-,39-,40+,41+,42-/m0/s1. The molecule has 0 bridgehead atoms. The molecule has 0 unspecified atom stereocenters. The molecule has 12 heteroatoms. The number of aliphatic hydroxyl groups is 2. The highest BCUT2D eigenvalue weighted by atomic mass is 16.7. The zero-order chi connectivity index (χ0) is 40.6. The Bertz CT molecular complexity index is 1450. The first kappa shape index (κ1) is 43.9. The van der Waals surface area contributed by atoms with Crippen LogP contribution in [-0.4, -0.2) is 89.7 Å². The third kappa shape index (κ3) is 8.92. The van der Waals surface area contributed by atoms with Crippen molar-refractivity contribution < 1.29 is 57.8 Å². The molecule has 0 aromatic heterocycles.